The lowest BCUT2D eigenvalue weighted by atomic mass is 10.1. The number of hydrogen-bond donors (Lipinski definition) is 1. The lowest BCUT2D eigenvalue weighted by Crippen LogP contribution is -2.17. The Morgan fingerprint density at radius 2 is 2.12 bits per heavy atom. The van der Waals surface area contributed by atoms with Gasteiger partial charge in [-0.1, -0.05) is 0 Å². The van der Waals surface area contributed by atoms with Gasteiger partial charge in [0.05, 0.1) is 9.80 Å². The highest BCUT2D eigenvalue weighted by Gasteiger charge is 2.29. The fourth-order valence-electron chi connectivity index (χ4n) is 1.76. The molecule has 0 saturated heterocycles. The standard InChI is InChI=1S/C11H12FNO2S/c1-7(13)4-10-6-8-5-9(12)2-3-11(8)16(10,14)15/h2-3,5-7H,4,13H2,1H3. The molecule has 0 amide bonds. The summed E-state index contributed by atoms with van der Waals surface area (Å²) in [6, 6.07) is 3.44. The second-order valence-corrected chi connectivity index (χ2v) is 5.95. The average molecular weight is 241 g/mol. The van der Waals surface area contributed by atoms with E-state index in [2.05, 4.69) is 0 Å². The van der Waals surface area contributed by atoms with Crippen molar-refractivity contribution >= 4 is 15.9 Å². The summed E-state index contributed by atoms with van der Waals surface area (Å²) in [5.41, 5.74) is 5.99. The van der Waals surface area contributed by atoms with Crippen LogP contribution in [0.5, 0.6) is 0 Å². The first-order valence-electron chi connectivity index (χ1n) is 4.92. The number of benzene rings is 1. The smallest absolute Gasteiger partial charge is 0.203 e. The highest BCUT2D eigenvalue weighted by molar-refractivity contribution is 7.95. The predicted octanol–water partition coefficient (Wildman–Crippen LogP) is 1.69. The van der Waals surface area contributed by atoms with Crippen molar-refractivity contribution < 1.29 is 12.8 Å². The topological polar surface area (TPSA) is 60.2 Å². The second-order valence-electron chi connectivity index (χ2n) is 3.98. The molecule has 1 aliphatic heterocycles. The minimum atomic E-state index is -3.44. The number of nitrogens with two attached hydrogens (primary N) is 1. The number of halogens is 1. The SMILES string of the molecule is CC(N)CC1=Cc2cc(F)ccc2S1(=O)=O. The minimum absolute atomic E-state index is 0.171. The Kier molecular flexibility index (Phi) is 2.59. The summed E-state index contributed by atoms with van der Waals surface area (Å²) in [5.74, 6) is -0.438. The Bertz CT molecular complexity index is 561. The molecule has 0 aliphatic carbocycles. The first-order valence-corrected chi connectivity index (χ1v) is 6.40. The van der Waals surface area contributed by atoms with Gasteiger partial charge in [0.25, 0.3) is 0 Å². The van der Waals surface area contributed by atoms with Crippen LogP contribution in [0.1, 0.15) is 18.9 Å². The molecule has 5 heteroatoms. The van der Waals surface area contributed by atoms with Gasteiger partial charge in [-0.05, 0) is 43.2 Å². The average Bonchev–Trinajstić information content (AvgIpc) is 2.37. The van der Waals surface area contributed by atoms with Gasteiger partial charge in [0.2, 0.25) is 9.84 Å². The van der Waals surface area contributed by atoms with Gasteiger partial charge in [-0.15, -0.1) is 0 Å². The molecular weight excluding hydrogens is 229 g/mol. The molecule has 16 heavy (non-hydrogen) atoms. The Balaban J connectivity index is 2.52. The molecule has 0 radical (unpaired) electrons. The van der Waals surface area contributed by atoms with Crippen molar-refractivity contribution in [3.63, 3.8) is 0 Å². The fourth-order valence-corrected chi connectivity index (χ4v) is 3.48. The molecule has 1 atom stereocenters. The molecule has 2 rings (SSSR count). The quantitative estimate of drug-likeness (QED) is 0.801. The van der Waals surface area contributed by atoms with Crippen LogP contribution in [0.2, 0.25) is 0 Å². The first-order chi connectivity index (χ1) is 7.41. The summed E-state index contributed by atoms with van der Waals surface area (Å²) in [4.78, 5) is 0.438. The Hall–Kier alpha value is -1.20. The monoisotopic (exact) mass is 241 g/mol. The van der Waals surface area contributed by atoms with Crippen molar-refractivity contribution in [2.45, 2.75) is 24.3 Å². The Morgan fingerprint density at radius 1 is 1.44 bits per heavy atom. The van der Waals surface area contributed by atoms with Crippen LogP contribution in [0.25, 0.3) is 6.08 Å². The van der Waals surface area contributed by atoms with Gasteiger partial charge < -0.3 is 5.73 Å². The third-order valence-electron chi connectivity index (χ3n) is 2.45. The van der Waals surface area contributed by atoms with Crippen LogP contribution >= 0.6 is 0 Å². The molecule has 0 fully saturated rings. The Morgan fingerprint density at radius 3 is 2.75 bits per heavy atom. The molecule has 3 nitrogen and oxygen atoms in total. The second kappa shape index (κ2) is 3.68. The maximum absolute atomic E-state index is 13.0. The van der Waals surface area contributed by atoms with Crippen molar-refractivity contribution in [3.05, 3.63) is 34.5 Å². The van der Waals surface area contributed by atoms with E-state index in [4.69, 9.17) is 5.73 Å². The molecule has 0 aromatic heterocycles. The molecule has 1 aromatic carbocycles. The molecule has 2 N–H and O–H groups in total. The summed E-state index contributed by atoms with van der Waals surface area (Å²) in [6.45, 7) is 1.74. The van der Waals surface area contributed by atoms with Crippen LogP contribution in [-0.4, -0.2) is 14.5 Å². The van der Waals surface area contributed by atoms with Gasteiger partial charge >= 0.3 is 0 Å². The summed E-state index contributed by atoms with van der Waals surface area (Å²) in [5, 5.41) is 0. The van der Waals surface area contributed by atoms with E-state index in [0.717, 1.165) is 6.07 Å². The fraction of sp³-hybridized carbons (Fsp3) is 0.273. The van der Waals surface area contributed by atoms with Crippen LogP contribution in [0.4, 0.5) is 4.39 Å². The van der Waals surface area contributed by atoms with E-state index in [0.29, 0.717) is 5.56 Å². The van der Waals surface area contributed by atoms with Crippen molar-refractivity contribution in [2.24, 2.45) is 5.73 Å². The summed E-state index contributed by atoms with van der Waals surface area (Å²) >= 11 is 0. The molecular formula is C11H12FNO2S. The van der Waals surface area contributed by atoms with Gasteiger partial charge in [0.1, 0.15) is 5.82 Å². The van der Waals surface area contributed by atoms with E-state index < -0.39 is 15.7 Å². The maximum Gasteiger partial charge on any atom is 0.203 e. The number of rotatable bonds is 2. The van der Waals surface area contributed by atoms with Gasteiger partial charge in [-0.2, -0.15) is 0 Å². The van der Waals surface area contributed by atoms with Crippen LogP contribution in [0.15, 0.2) is 28.0 Å². The van der Waals surface area contributed by atoms with Gasteiger partial charge in [-0.25, -0.2) is 12.8 Å². The van der Waals surface area contributed by atoms with E-state index in [9.17, 15) is 12.8 Å². The highest BCUT2D eigenvalue weighted by Crippen LogP contribution is 2.35. The number of sulfone groups is 1. The van der Waals surface area contributed by atoms with Crippen LogP contribution in [0.3, 0.4) is 0 Å². The van der Waals surface area contributed by atoms with E-state index in [1.807, 2.05) is 0 Å². The Labute approximate surface area is 93.7 Å². The van der Waals surface area contributed by atoms with Crippen molar-refractivity contribution in [1.29, 1.82) is 0 Å². The van der Waals surface area contributed by atoms with Gasteiger partial charge in [-0.3, -0.25) is 0 Å². The molecule has 0 bridgehead atoms. The molecule has 0 spiro atoms. The predicted molar refractivity (Wildman–Crippen MR) is 59.8 cm³/mol. The van der Waals surface area contributed by atoms with Crippen LogP contribution < -0.4 is 5.73 Å². The first kappa shape index (κ1) is 11.3. The zero-order valence-corrected chi connectivity index (χ0v) is 9.59. The number of hydrogen-bond acceptors (Lipinski definition) is 3. The summed E-state index contributed by atoms with van der Waals surface area (Å²) < 4.78 is 36.9. The molecule has 1 aromatic rings. The molecule has 86 valence electrons. The van der Waals surface area contributed by atoms with Gasteiger partial charge in [0, 0.05) is 6.04 Å². The third-order valence-corrected chi connectivity index (χ3v) is 4.37. The van der Waals surface area contributed by atoms with Crippen LogP contribution in [0, 0.1) is 5.82 Å². The number of fused-ring (bicyclic) bond motifs is 1. The third kappa shape index (κ3) is 1.76. The van der Waals surface area contributed by atoms with Crippen molar-refractivity contribution in [1.82, 2.24) is 0 Å². The molecule has 0 saturated carbocycles. The lowest BCUT2D eigenvalue weighted by molar-refractivity contribution is 0.598. The van der Waals surface area contributed by atoms with E-state index in [-0.39, 0.29) is 22.3 Å². The van der Waals surface area contributed by atoms with Gasteiger partial charge in [0.15, 0.2) is 0 Å². The zero-order valence-electron chi connectivity index (χ0n) is 8.77. The minimum Gasteiger partial charge on any atom is -0.328 e. The maximum atomic E-state index is 13.0. The van der Waals surface area contributed by atoms with Crippen molar-refractivity contribution in [3.8, 4) is 0 Å². The van der Waals surface area contributed by atoms with E-state index >= 15 is 0 Å². The van der Waals surface area contributed by atoms with E-state index in [1.54, 1.807) is 6.92 Å². The normalized spacial score (nSPS) is 19.1. The lowest BCUT2D eigenvalue weighted by Gasteiger charge is -2.06. The summed E-state index contributed by atoms with van der Waals surface area (Å²) in [6.07, 6.45) is 1.77. The van der Waals surface area contributed by atoms with Crippen molar-refractivity contribution in [2.75, 3.05) is 0 Å². The largest absolute Gasteiger partial charge is 0.328 e. The molecule has 1 aliphatic rings. The van der Waals surface area contributed by atoms with E-state index in [1.165, 1.54) is 18.2 Å². The molecule has 1 heterocycles. The van der Waals surface area contributed by atoms with Crippen LogP contribution in [-0.2, 0) is 9.84 Å². The zero-order chi connectivity index (χ0) is 11.9. The highest BCUT2D eigenvalue weighted by atomic mass is 32.2. The molecule has 1 unspecified atom stereocenters. The summed E-state index contributed by atoms with van der Waals surface area (Å²) in [7, 11) is -3.44.